The van der Waals surface area contributed by atoms with Crippen molar-refractivity contribution in [3.05, 3.63) is 129 Å². The van der Waals surface area contributed by atoms with Crippen molar-refractivity contribution in [1.82, 2.24) is 14.5 Å². The van der Waals surface area contributed by atoms with E-state index in [0.29, 0.717) is 25.4 Å². The van der Waals surface area contributed by atoms with Crippen molar-refractivity contribution >= 4 is 61.9 Å². The summed E-state index contributed by atoms with van der Waals surface area (Å²) in [6.45, 7) is 8.32. The molecule has 0 bridgehead atoms. The Labute approximate surface area is 362 Å². The summed E-state index contributed by atoms with van der Waals surface area (Å²) in [5, 5.41) is 16.4. The highest BCUT2D eigenvalue weighted by Gasteiger charge is 2.26. The lowest BCUT2D eigenvalue weighted by atomic mass is 9.86. The van der Waals surface area contributed by atoms with Crippen LogP contribution >= 0.6 is 23.4 Å². The molecule has 60 heavy (non-hydrogen) atoms. The van der Waals surface area contributed by atoms with Gasteiger partial charge in [-0.05, 0) is 110 Å². The van der Waals surface area contributed by atoms with Gasteiger partial charge in [-0.25, -0.2) is 13.1 Å². The first-order valence-corrected chi connectivity index (χ1v) is 23.6. The van der Waals surface area contributed by atoms with Crippen LogP contribution in [0.1, 0.15) is 54.4 Å². The molecule has 3 aliphatic rings. The van der Waals surface area contributed by atoms with E-state index in [1.165, 1.54) is 36.1 Å². The number of ether oxygens (including phenoxy) is 1. The number of morpholine rings is 1. The summed E-state index contributed by atoms with van der Waals surface area (Å²) in [4.78, 5) is 32.7. The van der Waals surface area contributed by atoms with Gasteiger partial charge in [-0.2, -0.15) is 0 Å². The lowest BCUT2D eigenvalue weighted by Crippen LogP contribution is -2.46. The number of nitrogens with zero attached hydrogens (tertiary/aromatic N) is 4. The normalized spacial score (nSPS) is 17.3. The summed E-state index contributed by atoms with van der Waals surface area (Å²) in [5.41, 5.74) is 5.28. The molecule has 4 aromatic carbocycles. The fourth-order valence-corrected chi connectivity index (χ4v) is 10.2. The van der Waals surface area contributed by atoms with Crippen LogP contribution in [0.15, 0.2) is 112 Å². The Hall–Kier alpha value is -4.44. The number of hydrogen-bond acceptors (Lipinski definition) is 11. The minimum atomic E-state index is -4.43. The number of benzene rings is 4. The van der Waals surface area contributed by atoms with Gasteiger partial charge in [0.25, 0.3) is 21.6 Å². The first kappa shape index (κ1) is 43.6. The number of thioether (sulfide) groups is 1. The van der Waals surface area contributed by atoms with E-state index in [9.17, 15) is 23.3 Å². The molecular formula is C45H53ClN6O6S2. The van der Waals surface area contributed by atoms with Gasteiger partial charge in [0.15, 0.2) is 0 Å². The maximum atomic E-state index is 13.4. The Morgan fingerprint density at radius 1 is 0.850 bits per heavy atom. The van der Waals surface area contributed by atoms with Crippen molar-refractivity contribution in [2.24, 2.45) is 0 Å². The lowest BCUT2D eigenvalue weighted by Gasteiger charge is -2.36. The monoisotopic (exact) mass is 872 g/mol. The minimum absolute atomic E-state index is 0.148. The number of amides is 1. The van der Waals surface area contributed by atoms with Crippen LogP contribution in [0.4, 0.5) is 17.1 Å². The number of anilines is 2. The van der Waals surface area contributed by atoms with Gasteiger partial charge >= 0.3 is 0 Å². The quantitative estimate of drug-likeness (QED) is 0.0604. The van der Waals surface area contributed by atoms with Crippen LogP contribution in [-0.2, 0) is 14.8 Å². The van der Waals surface area contributed by atoms with Gasteiger partial charge in [0.05, 0.1) is 23.0 Å². The molecule has 15 heteroatoms. The molecule has 0 radical (unpaired) electrons. The third-order valence-electron chi connectivity index (χ3n) is 11.5. The predicted octanol–water partition coefficient (Wildman–Crippen LogP) is 8.20. The zero-order valence-electron chi connectivity index (χ0n) is 33.8. The molecule has 318 valence electrons. The topological polar surface area (TPSA) is 137 Å². The Morgan fingerprint density at radius 3 is 2.27 bits per heavy atom. The molecule has 2 aliphatic heterocycles. The summed E-state index contributed by atoms with van der Waals surface area (Å²) in [5.74, 6) is -0.171. The van der Waals surface area contributed by atoms with Gasteiger partial charge in [0.1, 0.15) is 5.69 Å². The summed E-state index contributed by atoms with van der Waals surface area (Å²) >= 11 is 7.80. The van der Waals surface area contributed by atoms with Crippen molar-refractivity contribution in [3.63, 3.8) is 0 Å². The Kier molecular flexibility index (Phi) is 15.2. The fourth-order valence-electron chi connectivity index (χ4n) is 8.08. The molecule has 7 rings (SSSR count). The van der Waals surface area contributed by atoms with E-state index in [1.807, 2.05) is 54.6 Å². The minimum Gasteiger partial charge on any atom is -0.379 e. The van der Waals surface area contributed by atoms with E-state index in [1.54, 1.807) is 29.5 Å². The molecule has 12 nitrogen and oxygen atoms in total. The molecule has 0 spiro atoms. The first-order valence-electron chi connectivity index (χ1n) is 20.8. The average Bonchev–Trinajstić information content (AvgIpc) is 3.27. The zero-order chi connectivity index (χ0) is 41.9. The van der Waals surface area contributed by atoms with Gasteiger partial charge in [0, 0.05) is 91.4 Å². The number of nitro benzene ring substituents is 1. The van der Waals surface area contributed by atoms with E-state index < -0.39 is 20.9 Å². The number of nitrogens with one attached hydrogen (secondary N) is 2. The van der Waals surface area contributed by atoms with Crippen molar-refractivity contribution in [2.45, 2.75) is 54.4 Å². The van der Waals surface area contributed by atoms with Gasteiger partial charge in [0.2, 0.25) is 0 Å². The largest absolute Gasteiger partial charge is 0.379 e. The second kappa shape index (κ2) is 20.9. The molecule has 2 N–H and O–H groups in total. The molecule has 2 saturated heterocycles. The number of halogens is 1. The summed E-state index contributed by atoms with van der Waals surface area (Å²) in [6, 6.07) is 28.6. The number of hydrogen-bond donors (Lipinski definition) is 2. The van der Waals surface area contributed by atoms with Crippen LogP contribution in [0, 0.1) is 10.1 Å². The zero-order valence-corrected chi connectivity index (χ0v) is 36.2. The highest BCUT2D eigenvalue weighted by atomic mass is 35.5. The fraction of sp³-hybridized carbons (Fsp3) is 0.400. The summed E-state index contributed by atoms with van der Waals surface area (Å²) in [6.07, 6.45) is 6.50. The molecule has 0 aromatic heterocycles. The van der Waals surface area contributed by atoms with Crippen molar-refractivity contribution in [1.29, 1.82) is 0 Å². The summed E-state index contributed by atoms with van der Waals surface area (Å²) < 4.78 is 34.5. The molecular weight excluding hydrogens is 820 g/mol. The maximum absolute atomic E-state index is 13.4. The van der Waals surface area contributed by atoms with Crippen LogP contribution in [0.2, 0.25) is 5.02 Å². The third-order valence-corrected chi connectivity index (χ3v) is 14.3. The number of carbonyl (C=O) groups is 1. The average molecular weight is 874 g/mol. The van der Waals surface area contributed by atoms with E-state index in [-0.39, 0.29) is 27.9 Å². The van der Waals surface area contributed by atoms with Gasteiger partial charge in [-0.15, -0.1) is 11.8 Å². The number of sulfonamides is 1. The third kappa shape index (κ3) is 11.9. The molecule has 1 amide bonds. The van der Waals surface area contributed by atoms with Crippen LogP contribution in [-0.4, -0.2) is 106 Å². The second-order valence-corrected chi connectivity index (χ2v) is 18.7. The lowest BCUT2D eigenvalue weighted by molar-refractivity contribution is -0.384. The molecule has 2 fully saturated rings. The first-order chi connectivity index (χ1) is 29.1. The highest BCUT2D eigenvalue weighted by molar-refractivity contribution is 7.99. The van der Waals surface area contributed by atoms with Crippen LogP contribution in [0.3, 0.4) is 0 Å². The molecule has 0 saturated carbocycles. The van der Waals surface area contributed by atoms with Crippen molar-refractivity contribution in [2.75, 3.05) is 81.5 Å². The van der Waals surface area contributed by atoms with Crippen molar-refractivity contribution < 1.29 is 22.9 Å². The van der Waals surface area contributed by atoms with Gasteiger partial charge < -0.3 is 15.0 Å². The molecule has 1 aliphatic carbocycles. The van der Waals surface area contributed by atoms with Crippen LogP contribution in [0.25, 0.3) is 5.57 Å². The van der Waals surface area contributed by atoms with Gasteiger partial charge in [-0.1, -0.05) is 47.5 Å². The molecule has 0 unspecified atom stereocenters. The number of piperazine rings is 1. The number of carbonyl (C=O) groups excluding carboxylic acids is 1. The SMILES string of the molecule is O=C(NS(=O)(=O)c1ccc(N[C@H](CCN2CCOCC2)CSc2ccccc2)c([N+](=O)[O-])c1)c1ccc(N2CCN(CCC3=C(c4ccc(Cl)cc4)CCCC3)CC2)cc1. The molecule has 2 heterocycles. The Morgan fingerprint density at radius 2 is 1.55 bits per heavy atom. The Bertz CT molecular complexity index is 2210. The maximum Gasteiger partial charge on any atom is 0.293 e. The number of allylic oxidation sites excluding steroid dienone is 1. The standard InChI is InChI=1S/C45H53ClN6O6S2/c46-37-14-10-35(11-15-37)42-9-5-4-6-34(42)20-22-49-24-26-51(27-25-49)39-16-12-36(13-17-39)45(53)48-60(56,57)41-18-19-43(44(32-41)52(54)55)47-38(21-23-50-28-30-58-31-29-50)33-59-40-7-2-1-3-8-40/h1-3,7-8,10-19,32,38,47H,4-6,9,20-31,33H2,(H,48,53)/t38-/m1/s1. The van der Waals surface area contributed by atoms with E-state index in [2.05, 4.69) is 36.9 Å². The van der Waals surface area contributed by atoms with Gasteiger partial charge in [-0.3, -0.25) is 24.7 Å². The molecule has 1 atom stereocenters. The number of rotatable bonds is 17. The van der Waals surface area contributed by atoms with Crippen molar-refractivity contribution in [3.8, 4) is 0 Å². The van der Waals surface area contributed by atoms with Crippen LogP contribution < -0.4 is 14.9 Å². The number of nitro groups is 1. The second-order valence-electron chi connectivity index (χ2n) is 15.5. The van der Waals surface area contributed by atoms with E-state index in [0.717, 1.165) is 93.3 Å². The summed E-state index contributed by atoms with van der Waals surface area (Å²) in [7, 11) is -4.43. The van der Waals surface area contributed by atoms with E-state index in [4.69, 9.17) is 16.3 Å². The molecule has 4 aromatic rings. The Balaban J connectivity index is 0.936. The highest BCUT2D eigenvalue weighted by Crippen LogP contribution is 2.35. The van der Waals surface area contributed by atoms with Crippen LogP contribution in [0.5, 0.6) is 0 Å². The van der Waals surface area contributed by atoms with E-state index >= 15 is 0 Å². The predicted molar refractivity (Wildman–Crippen MR) is 241 cm³/mol. The smallest absolute Gasteiger partial charge is 0.293 e.